The summed E-state index contributed by atoms with van der Waals surface area (Å²) >= 11 is 0. The zero-order valence-electron chi connectivity index (χ0n) is 61.1. The molecule has 92 heavy (non-hydrogen) atoms. The second-order valence-corrected chi connectivity index (χ2v) is 28.6. The van der Waals surface area contributed by atoms with Gasteiger partial charge in [0.2, 0.25) is 5.91 Å². The molecular weight excluding hydrogens is 1140 g/mol. The van der Waals surface area contributed by atoms with Gasteiger partial charge in [-0.25, -0.2) is 0 Å². The Morgan fingerprint density at radius 1 is 0.370 bits per heavy atom. The van der Waals surface area contributed by atoms with Crippen molar-refractivity contribution in [2.75, 3.05) is 13.2 Å². The maximum absolute atomic E-state index is 13.2. The summed E-state index contributed by atoms with van der Waals surface area (Å²) in [6, 6.07) is -0.806. The highest BCUT2D eigenvalue weighted by atomic mass is 16.7. The summed E-state index contributed by atoms with van der Waals surface area (Å²) in [7, 11) is 0. The quantitative estimate of drug-likeness (QED) is 0.0261. The molecule has 542 valence electrons. The van der Waals surface area contributed by atoms with E-state index in [1.54, 1.807) is 6.08 Å². The molecule has 0 bridgehead atoms. The summed E-state index contributed by atoms with van der Waals surface area (Å²) in [4.78, 5) is 13.2. The Kier molecular flexibility index (Phi) is 68.9. The maximum Gasteiger partial charge on any atom is 0.220 e. The van der Waals surface area contributed by atoms with Crippen molar-refractivity contribution in [3.63, 3.8) is 0 Å². The molecule has 1 fully saturated rings. The Morgan fingerprint density at radius 3 is 0.946 bits per heavy atom. The van der Waals surface area contributed by atoms with E-state index in [1.165, 1.54) is 347 Å². The number of amides is 1. The molecule has 1 heterocycles. The molecule has 0 aromatic heterocycles. The fourth-order valence-electron chi connectivity index (χ4n) is 13.3. The topological polar surface area (TPSA) is 149 Å². The van der Waals surface area contributed by atoms with Crippen molar-refractivity contribution in [2.45, 2.75) is 461 Å². The smallest absolute Gasteiger partial charge is 0.220 e. The lowest BCUT2D eigenvalue weighted by atomic mass is 9.99. The van der Waals surface area contributed by atoms with E-state index in [4.69, 9.17) is 9.47 Å². The van der Waals surface area contributed by atoms with E-state index in [1.807, 2.05) is 6.08 Å². The molecule has 7 atom stereocenters. The number of allylic oxidation sites excluding steroid dienone is 7. The van der Waals surface area contributed by atoms with Gasteiger partial charge in [0.25, 0.3) is 0 Å². The van der Waals surface area contributed by atoms with Crippen LogP contribution in [0.5, 0.6) is 0 Å². The second kappa shape index (κ2) is 71.9. The van der Waals surface area contributed by atoms with Crippen molar-refractivity contribution >= 4 is 5.91 Å². The molecular formula is C83H157NO8. The molecule has 0 aromatic carbocycles. The zero-order chi connectivity index (χ0) is 66.4. The number of hydrogen-bond donors (Lipinski definition) is 6. The van der Waals surface area contributed by atoms with E-state index in [0.717, 1.165) is 51.4 Å². The Labute approximate surface area is 571 Å². The highest BCUT2D eigenvalue weighted by molar-refractivity contribution is 5.76. The third kappa shape index (κ3) is 59.4. The third-order valence-corrected chi connectivity index (χ3v) is 19.6. The number of unbranched alkanes of at least 4 members (excludes halogenated alkanes) is 57. The van der Waals surface area contributed by atoms with Crippen LogP contribution in [0.25, 0.3) is 0 Å². The van der Waals surface area contributed by atoms with Gasteiger partial charge >= 0.3 is 0 Å². The molecule has 0 aromatic rings. The molecule has 0 saturated carbocycles. The number of hydrogen-bond acceptors (Lipinski definition) is 8. The van der Waals surface area contributed by atoms with Gasteiger partial charge in [0.05, 0.1) is 25.4 Å². The van der Waals surface area contributed by atoms with Gasteiger partial charge in [-0.15, -0.1) is 0 Å². The van der Waals surface area contributed by atoms with Crippen molar-refractivity contribution in [3.8, 4) is 0 Å². The van der Waals surface area contributed by atoms with Gasteiger partial charge in [-0.1, -0.05) is 403 Å². The van der Waals surface area contributed by atoms with Crippen LogP contribution in [0.15, 0.2) is 48.6 Å². The van der Waals surface area contributed by atoms with Gasteiger partial charge in [-0.2, -0.15) is 0 Å². The van der Waals surface area contributed by atoms with Crippen LogP contribution >= 0.6 is 0 Å². The number of nitrogens with one attached hydrogen (secondary N) is 1. The van der Waals surface area contributed by atoms with E-state index in [0.29, 0.717) is 6.42 Å². The van der Waals surface area contributed by atoms with Crippen molar-refractivity contribution in [3.05, 3.63) is 48.6 Å². The molecule has 1 rings (SSSR count). The van der Waals surface area contributed by atoms with E-state index < -0.39 is 49.5 Å². The lowest BCUT2D eigenvalue weighted by Gasteiger charge is -2.40. The Balaban J connectivity index is 2.05. The molecule has 0 radical (unpaired) electrons. The van der Waals surface area contributed by atoms with Crippen LogP contribution in [0.4, 0.5) is 0 Å². The highest BCUT2D eigenvalue weighted by Crippen LogP contribution is 2.24. The van der Waals surface area contributed by atoms with Crippen LogP contribution in [0.2, 0.25) is 0 Å². The van der Waals surface area contributed by atoms with Gasteiger partial charge in [0.1, 0.15) is 24.4 Å². The monoisotopic (exact) mass is 1300 g/mol. The number of ether oxygens (including phenoxy) is 2. The number of aliphatic hydroxyl groups is 5. The fourth-order valence-corrected chi connectivity index (χ4v) is 13.3. The highest BCUT2D eigenvalue weighted by Gasteiger charge is 2.44. The largest absolute Gasteiger partial charge is 0.394 e. The Bertz CT molecular complexity index is 1600. The van der Waals surface area contributed by atoms with Crippen molar-refractivity contribution in [1.82, 2.24) is 5.32 Å². The normalized spacial score (nSPS) is 17.8. The lowest BCUT2D eigenvalue weighted by Crippen LogP contribution is -2.60. The first-order valence-electron chi connectivity index (χ1n) is 40.9. The summed E-state index contributed by atoms with van der Waals surface area (Å²) in [6.07, 6.45) is 92.7. The van der Waals surface area contributed by atoms with Gasteiger partial charge in [0, 0.05) is 6.42 Å². The van der Waals surface area contributed by atoms with Crippen LogP contribution in [-0.4, -0.2) is 87.5 Å². The van der Waals surface area contributed by atoms with Crippen molar-refractivity contribution in [2.24, 2.45) is 0 Å². The molecule has 1 aliphatic rings. The fraction of sp³-hybridized carbons (Fsp3) is 0.892. The minimum atomic E-state index is -1.57. The predicted octanol–water partition coefficient (Wildman–Crippen LogP) is 23.5. The van der Waals surface area contributed by atoms with Crippen LogP contribution in [0.3, 0.4) is 0 Å². The average Bonchev–Trinajstić information content (AvgIpc) is 1.45. The average molecular weight is 1300 g/mol. The molecule has 0 aliphatic carbocycles. The summed E-state index contributed by atoms with van der Waals surface area (Å²) < 4.78 is 11.4. The summed E-state index contributed by atoms with van der Waals surface area (Å²) in [5, 5.41) is 54.9. The lowest BCUT2D eigenvalue weighted by molar-refractivity contribution is -0.302. The Morgan fingerprint density at radius 2 is 0.641 bits per heavy atom. The van der Waals surface area contributed by atoms with Crippen LogP contribution in [0, 0.1) is 0 Å². The van der Waals surface area contributed by atoms with Crippen LogP contribution in [0.1, 0.15) is 418 Å². The first-order valence-corrected chi connectivity index (χ1v) is 40.9. The SMILES string of the molecule is CCCCCCC/C=C\C/C=C\C/C=C\CCCCCCCCCCCCCCCCCCCCCCCCCCC(=O)NC(COC1OC(CO)C(O)C(O)C1O)C(O)/C=C/CCCCCCCCCCCCCCCCCCCCCCCCCCCCCC. The Hall–Kier alpha value is -1.85. The standard InChI is InChI=1S/C83H157NO8/c1-3-5-7-9-11-13-15-17-19-21-23-25-27-29-31-33-35-36-37-38-39-40-41-42-43-45-47-49-51-53-55-57-59-61-63-65-67-69-71-73-79(87)84-76(75-91-83-82(90)81(89)80(88)78(74-85)92-83)77(86)72-70-68-66-64-62-60-58-56-54-52-50-48-46-44-34-32-30-28-26-24-22-20-18-16-14-12-10-8-6-4-2/h15,17,21,23,27,29,70,72,76-78,80-83,85-86,88-90H,3-14,16,18-20,22,24-26,28,30-69,71,73-75H2,1-2H3,(H,84,87)/b17-15-,23-21-,29-27-,72-70+. The third-order valence-electron chi connectivity index (χ3n) is 19.6. The second-order valence-electron chi connectivity index (χ2n) is 28.6. The minimum Gasteiger partial charge on any atom is -0.394 e. The molecule has 0 spiro atoms. The molecule has 9 nitrogen and oxygen atoms in total. The van der Waals surface area contributed by atoms with E-state index in [-0.39, 0.29) is 12.5 Å². The predicted molar refractivity (Wildman–Crippen MR) is 396 cm³/mol. The van der Waals surface area contributed by atoms with Crippen LogP contribution < -0.4 is 5.32 Å². The van der Waals surface area contributed by atoms with Gasteiger partial charge in [-0.05, 0) is 57.8 Å². The summed E-state index contributed by atoms with van der Waals surface area (Å²) in [6.45, 7) is 3.83. The molecule has 1 amide bonds. The van der Waals surface area contributed by atoms with Crippen molar-refractivity contribution < 1.29 is 39.8 Å². The molecule has 6 N–H and O–H groups in total. The van der Waals surface area contributed by atoms with E-state index >= 15 is 0 Å². The molecule has 9 heteroatoms. The minimum absolute atomic E-state index is 0.168. The molecule has 1 aliphatic heterocycles. The van der Waals surface area contributed by atoms with E-state index in [9.17, 15) is 30.3 Å². The maximum atomic E-state index is 13.2. The number of carbonyl (C=O) groups is 1. The first-order chi connectivity index (χ1) is 45.3. The van der Waals surface area contributed by atoms with E-state index in [2.05, 4.69) is 55.6 Å². The molecule has 1 saturated heterocycles. The number of aliphatic hydroxyl groups excluding tert-OH is 5. The first kappa shape index (κ1) is 88.2. The summed E-state index contributed by atoms with van der Waals surface area (Å²) in [5.74, 6) is -0.168. The van der Waals surface area contributed by atoms with Gasteiger partial charge < -0.3 is 40.3 Å². The van der Waals surface area contributed by atoms with Crippen molar-refractivity contribution in [1.29, 1.82) is 0 Å². The van der Waals surface area contributed by atoms with Gasteiger partial charge in [-0.3, -0.25) is 4.79 Å². The zero-order valence-corrected chi connectivity index (χ0v) is 61.1. The van der Waals surface area contributed by atoms with Gasteiger partial charge in [0.15, 0.2) is 6.29 Å². The number of carbonyl (C=O) groups excluding carboxylic acids is 1. The number of rotatable bonds is 73. The summed E-state index contributed by atoms with van der Waals surface area (Å²) in [5.41, 5.74) is 0. The molecule has 7 unspecified atom stereocenters. The van der Waals surface area contributed by atoms with Crippen LogP contribution in [-0.2, 0) is 14.3 Å².